The molecule has 3 heterocycles. The predicted molar refractivity (Wildman–Crippen MR) is 159 cm³/mol. The fourth-order valence-corrected chi connectivity index (χ4v) is 5.18. The minimum Gasteiger partial charge on any atom is -0.490 e. The van der Waals surface area contributed by atoms with Crippen LogP contribution in [0.1, 0.15) is 55.8 Å². The first-order valence-corrected chi connectivity index (χ1v) is 14.7. The van der Waals surface area contributed by atoms with E-state index < -0.39 is 0 Å². The third kappa shape index (κ3) is 7.67. The molecule has 1 fully saturated rings. The molecule has 2 aliphatic rings. The summed E-state index contributed by atoms with van der Waals surface area (Å²) in [5.41, 5.74) is 0.762. The highest BCUT2D eigenvalue weighted by molar-refractivity contribution is 6.31. The molecule has 5 rings (SSSR count). The maximum atomic E-state index is 13.5. The van der Waals surface area contributed by atoms with Crippen LogP contribution in [-0.2, 0) is 4.79 Å². The van der Waals surface area contributed by atoms with Crippen LogP contribution in [0.2, 0.25) is 5.02 Å². The van der Waals surface area contributed by atoms with Gasteiger partial charge in [-0.3, -0.25) is 9.59 Å². The van der Waals surface area contributed by atoms with Crippen molar-refractivity contribution in [2.24, 2.45) is 5.92 Å². The maximum Gasteiger partial charge on any atom is 0.257 e. The van der Waals surface area contributed by atoms with Crippen molar-refractivity contribution in [2.75, 3.05) is 43.0 Å². The molecule has 10 heteroatoms. The van der Waals surface area contributed by atoms with E-state index in [0.29, 0.717) is 58.5 Å². The van der Waals surface area contributed by atoms with Crippen molar-refractivity contribution in [3.8, 4) is 17.2 Å². The quantitative estimate of drug-likeness (QED) is 0.388. The smallest absolute Gasteiger partial charge is 0.257 e. The summed E-state index contributed by atoms with van der Waals surface area (Å²) in [6.45, 7) is 4.93. The van der Waals surface area contributed by atoms with Gasteiger partial charge in [0.1, 0.15) is 6.54 Å². The lowest BCUT2D eigenvalue weighted by molar-refractivity contribution is -0.116. The highest BCUT2D eigenvalue weighted by Crippen LogP contribution is 2.36. The number of hydrogen-bond donors (Lipinski definition) is 1. The highest BCUT2D eigenvalue weighted by atomic mass is 35.5. The summed E-state index contributed by atoms with van der Waals surface area (Å²) in [4.78, 5) is 39.5. The Balaban J connectivity index is 1.34. The number of hydrogen-bond acceptors (Lipinski definition) is 7. The summed E-state index contributed by atoms with van der Waals surface area (Å²) in [6.07, 6.45) is 8.79. The molecule has 0 atom stereocenters. The molecule has 9 nitrogen and oxygen atoms in total. The van der Waals surface area contributed by atoms with Crippen molar-refractivity contribution >= 4 is 35.1 Å². The Kier molecular flexibility index (Phi) is 9.56. The van der Waals surface area contributed by atoms with E-state index in [9.17, 15) is 9.59 Å². The normalized spacial score (nSPS) is 17.5. The van der Waals surface area contributed by atoms with E-state index in [4.69, 9.17) is 21.1 Å². The second kappa shape index (κ2) is 13.7. The average molecular weight is 578 g/mol. The number of halogens is 1. The molecule has 1 N–H and O–H groups in total. The van der Waals surface area contributed by atoms with E-state index in [-0.39, 0.29) is 18.4 Å². The molecule has 1 aromatic heterocycles. The van der Waals surface area contributed by atoms with E-state index in [2.05, 4.69) is 27.1 Å². The van der Waals surface area contributed by atoms with Gasteiger partial charge in [-0.15, -0.1) is 0 Å². The van der Waals surface area contributed by atoms with E-state index in [1.54, 1.807) is 35.5 Å². The number of fused-ring (bicyclic) bond motifs is 2. The molecular weight excluding hydrogens is 542 g/mol. The molecule has 216 valence electrons. The molecule has 0 spiro atoms. The third-order valence-corrected chi connectivity index (χ3v) is 7.67. The van der Waals surface area contributed by atoms with Gasteiger partial charge in [-0.05, 0) is 61.9 Å². The zero-order chi connectivity index (χ0) is 28.6. The lowest BCUT2D eigenvalue weighted by Crippen LogP contribution is -2.39. The molecule has 0 unspecified atom stereocenters. The molecule has 0 saturated carbocycles. The fourth-order valence-electron chi connectivity index (χ4n) is 5.00. The number of nitrogens with one attached hydrogen (secondary N) is 1. The number of anilines is 2. The molecule has 2 amide bonds. The Bertz CT molecular complexity index is 1340. The number of amides is 2. The summed E-state index contributed by atoms with van der Waals surface area (Å²) in [5, 5.41) is 3.33. The second-order valence-corrected chi connectivity index (χ2v) is 11.1. The van der Waals surface area contributed by atoms with Gasteiger partial charge in [-0.1, -0.05) is 43.5 Å². The Hall–Kier alpha value is -3.85. The van der Waals surface area contributed by atoms with Crippen LogP contribution in [0.25, 0.3) is 0 Å². The van der Waals surface area contributed by atoms with Gasteiger partial charge in [0.15, 0.2) is 17.2 Å². The number of rotatable bonds is 2. The van der Waals surface area contributed by atoms with E-state index >= 15 is 0 Å². The number of ether oxygens (including phenoxy) is 2. The zero-order valence-electron chi connectivity index (χ0n) is 23.4. The number of aromatic nitrogens is 2. The Morgan fingerprint density at radius 2 is 1.68 bits per heavy atom. The fraction of sp³-hybridized carbons (Fsp3) is 0.419. The number of para-hydroxylation sites is 2. The molecule has 41 heavy (non-hydrogen) atoms. The molecule has 2 aliphatic heterocycles. The minimum atomic E-state index is -0.359. The van der Waals surface area contributed by atoms with Crippen LogP contribution >= 0.6 is 11.6 Å². The van der Waals surface area contributed by atoms with Gasteiger partial charge in [-0.2, -0.15) is 0 Å². The van der Waals surface area contributed by atoms with Gasteiger partial charge >= 0.3 is 0 Å². The van der Waals surface area contributed by atoms with Crippen molar-refractivity contribution in [1.82, 2.24) is 14.9 Å². The number of benzene rings is 2. The predicted octanol–water partition coefficient (Wildman–Crippen LogP) is 6.19. The van der Waals surface area contributed by atoms with Crippen molar-refractivity contribution in [3.05, 3.63) is 65.4 Å². The van der Waals surface area contributed by atoms with Gasteiger partial charge < -0.3 is 24.6 Å². The van der Waals surface area contributed by atoms with E-state index in [1.807, 2.05) is 24.3 Å². The number of piperidine rings is 1. The molecule has 0 aliphatic carbocycles. The van der Waals surface area contributed by atoms with Crippen molar-refractivity contribution in [2.45, 2.75) is 45.4 Å². The summed E-state index contributed by atoms with van der Waals surface area (Å²) in [6, 6.07) is 12.4. The average Bonchev–Trinajstić information content (AvgIpc) is 2.98. The monoisotopic (exact) mass is 577 g/mol. The molecule has 1 saturated heterocycles. The minimum absolute atomic E-state index is 0.129. The van der Waals surface area contributed by atoms with Crippen LogP contribution in [-0.4, -0.2) is 59.5 Å². The summed E-state index contributed by atoms with van der Waals surface area (Å²) in [5.74, 6) is 2.29. The van der Waals surface area contributed by atoms with Crippen LogP contribution in [0, 0.1) is 5.92 Å². The number of carbonyl (C=O) groups is 2. The van der Waals surface area contributed by atoms with Crippen LogP contribution in [0.3, 0.4) is 0 Å². The highest BCUT2D eigenvalue weighted by Gasteiger charge is 2.23. The molecule has 0 bridgehead atoms. The van der Waals surface area contributed by atoms with Crippen molar-refractivity contribution < 1.29 is 19.1 Å². The Morgan fingerprint density at radius 3 is 2.46 bits per heavy atom. The van der Waals surface area contributed by atoms with Crippen molar-refractivity contribution in [3.63, 3.8) is 0 Å². The standard InChI is InChI=1S/C31H36ClN5O4/c1-22-12-15-36(16-13-22)31-33-19-23(20-34-31)30(39)37-14-6-2-3-7-17-40-27-8-4-5-9-28(27)41-26-11-10-24(32)18-25(26)35-29(38)21-37/h4-5,8-11,18-20,22H,2-3,6-7,12-17,21H2,1H3,(H,35,38). The van der Waals surface area contributed by atoms with Crippen LogP contribution in [0.5, 0.6) is 17.2 Å². The zero-order valence-corrected chi connectivity index (χ0v) is 24.1. The van der Waals surface area contributed by atoms with Gasteiger partial charge in [0.25, 0.3) is 5.91 Å². The summed E-state index contributed by atoms with van der Waals surface area (Å²) >= 11 is 6.26. The summed E-state index contributed by atoms with van der Waals surface area (Å²) < 4.78 is 12.2. The second-order valence-electron chi connectivity index (χ2n) is 10.7. The molecule has 3 aromatic rings. The topological polar surface area (TPSA) is 96.9 Å². The molecular formula is C31H36ClN5O4. The van der Waals surface area contributed by atoms with Gasteiger partial charge in [0.05, 0.1) is 17.9 Å². The lowest BCUT2D eigenvalue weighted by Gasteiger charge is -2.30. The van der Waals surface area contributed by atoms with Crippen molar-refractivity contribution in [1.29, 1.82) is 0 Å². The summed E-state index contributed by atoms with van der Waals surface area (Å²) in [7, 11) is 0. The Morgan fingerprint density at radius 1 is 0.951 bits per heavy atom. The van der Waals surface area contributed by atoms with Gasteiger partial charge in [0, 0.05) is 37.1 Å². The Labute approximate surface area is 245 Å². The first kappa shape index (κ1) is 28.7. The van der Waals surface area contributed by atoms with E-state index in [0.717, 1.165) is 51.6 Å². The first-order chi connectivity index (χ1) is 20.0. The van der Waals surface area contributed by atoms with Crippen LogP contribution in [0.15, 0.2) is 54.9 Å². The van der Waals surface area contributed by atoms with Crippen LogP contribution in [0.4, 0.5) is 11.6 Å². The van der Waals surface area contributed by atoms with Gasteiger partial charge in [-0.25, -0.2) is 9.97 Å². The van der Waals surface area contributed by atoms with Crippen LogP contribution < -0.4 is 19.7 Å². The first-order valence-electron chi connectivity index (χ1n) is 14.3. The maximum absolute atomic E-state index is 13.5. The van der Waals surface area contributed by atoms with Gasteiger partial charge in [0.2, 0.25) is 11.9 Å². The molecule has 2 aromatic carbocycles. The molecule has 0 radical (unpaired) electrons. The lowest BCUT2D eigenvalue weighted by atomic mass is 10.00. The van der Waals surface area contributed by atoms with E-state index in [1.165, 1.54) is 0 Å². The third-order valence-electron chi connectivity index (χ3n) is 7.44. The largest absolute Gasteiger partial charge is 0.490 e. The number of nitrogens with zero attached hydrogens (tertiary/aromatic N) is 4. The SMILES string of the molecule is CC1CCN(c2ncc(C(=O)N3CCCCCCOc4ccccc4Oc4ccc(Cl)cc4NC(=O)C3)cn2)CC1. The number of carbonyl (C=O) groups excluding carboxylic acids is 2.